The molecular weight excluding hydrogens is 480 g/mol. The van der Waals surface area contributed by atoms with E-state index in [9.17, 15) is 9.59 Å². The van der Waals surface area contributed by atoms with Gasteiger partial charge in [0.15, 0.2) is 0 Å². The Kier molecular flexibility index (Phi) is 8.89. The number of allylic oxidation sites excluding steroid dienone is 1. The van der Waals surface area contributed by atoms with Crippen molar-refractivity contribution in [3.8, 4) is 0 Å². The molecule has 198 valence electrons. The molecule has 38 heavy (non-hydrogen) atoms. The van der Waals surface area contributed by atoms with Crippen molar-refractivity contribution < 1.29 is 19.2 Å². The summed E-state index contributed by atoms with van der Waals surface area (Å²) in [7, 11) is 0. The fourth-order valence-corrected chi connectivity index (χ4v) is 4.17. The Morgan fingerprint density at radius 2 is 1.68 bits per heavy atom. The van der Waals surface area contributed by atoms with E-state index in [0.717, 1.165) is 16.8 Å². The summed E-state index contributed by atoms with van der Waals surface area (Å²) in [5.74, 6) is -1.03. The van der Waals surface area contributed by atoms with Crippen molar-refractivity contribution in [2.24, 2.45) is 11.1 Å². The molecule has 0 fully saturated rings. The summed E-state index contributed by atoms with van der Waals surface area (Å²) in [6.07, 6.45) is 4.38. The van der Waals surface area contributed by atoms with Crippen molar-refractivity contribution >= 4 is 11.9 Å². The molecule has 8 nitrogen and oxygen atoms in total. The molecule has 4 rings (SSSR count). The van der Waals surface area contributed by atoms with Gasteiger partial charge in [0.2, 0.25) is 5.91 Å². The number of nitrogens with zero attached hydrogens (tertiary/aromatic N) is 1. The minimum absolute atomic E-state index is 0.00461. The van der Waals surface area contributed by atoms with Gasteiger partial charge in [0.25, 0.3) is 0 Å². The van der Waals surface area contributed by atoms with Gasteiger partial charge < -0.3 is 15.8 Å². The molecule has 0 bridgehead atoms. The van der Waals surface area contributed by atoms with E-state index in [2.05, 4.69) is 15.8 Å². The van der Waals surface area contributed by atoms with Crippen LogP contribution in [0.15, 0.2) is 96.8 Å². The maximum atomic E-state index is 13.3. The number of ether oxygens (including phenoxy) is 1. The van der Waals surface area contributed by atoms with Gasteiger partial charge in [-0.15, -0.1) is 0 Å². The molecule has 2 aromatic carbocycles. The number of hydroxylamine groups is 1. The van der Waals surface area contributed by atoms with Gasteiger partial charge in [-0.1, -0.05) is 66.7 Å². The Morgan fingerprint density at radius 3 is 2.34 bits per heavy atom. The number of nitrogens with one attached hydrogen (secondary N) is 2. The summed E-state index contributed by atoms with van der Waals surface area (Å²) in [6.45, 7) is 3.22. The number of nitrogens with two attached hydrogens (primary N) is 1. The largest absolute Gasteiger partial charge is 0.459 e. The first-order chi connectivity index (χ1) is 18.3. The SMILES string of the molecule is CC(C)(C(=O)OCc1ccccn1)[C@H](N)C(=O)NC(Cc1ccccc1)C1C=C(Cc2ccccc2)NO1. The second kappa shape index (κ2) is 12.5. The highest BCUT2D eigenvalue weighted by Gasteiger charge is 2.42. The van der Waals surface area contributed by atoms with Crippen molar-refractivity contribution in [3.63, 3.8) is 0 Å². The number of carbonyl (C=O) groups excluding carboxylic acids is 2. The number of pyridine rings is 1. The molecule has 4 N–H and O–H groups in total. The summed E-state index contributed by atoms with van der Waals surface area (Å²) >= 11 is 0. The van der Waals surface area contributed by atoms with E-state index in [1.165, 1.54) is 0 Å². The number of carbonyl (C=O) groups is 2. The van der Waals surface area contributed by atoms with Crippen LogP contribution >= 0.6 is 0 Å². The van der Waals surface area contributed by atoms with Crippen molar-refractivity contribution in [1.82, 2.24) is 15.8 Å². The molecule has 0 spiro atoms. The van der Waals surface area contributed by atoms with Gasteiger partial charge in [-0.3, -0.25) is 24.9 Å². The van der Waals surface area contributed by atoms with E-state index in [4.69, 9.17) is 15.3 Å². The maximum Gasteiger partial charge on any atom is 0.314 e. The molecule has 1 amide bonds. The van der Waals surface area contributed by atoms with E-state index in [0.29, 0.717) is 18.5 Å². The number of rotatable bonds is 11. The van der Waals surface area contributed by atoms with E-state index in [1.54, 1.807) is 32.2 Å². The highest BCUT2D eigenvalue weighted by atomic mass is 16.7. The fraction of sp³-hybridized carbons (Fsp3) is 0.300. The van der Waals surface area contributed by atoms with Crippen molar-refractivity contribution in [2.75, 3.05) is 0 Å². The van der Waals surface area contributed by atoms with E-state index >= 15 is 0 Å². The van der Waals surface area contributed by atoms with Crippen LogP contribution in [-0.2, 0) is 38.6 Å². The van der Waals surface area contributed by atoms with Crippen LogP contribution < -0.4 is 16.5 Å². The number of hydrogen-bond acceptors (Lipinski definition) is 7. The molecule has 2 unspecified atom stereocenters. The number of benzene rings is 2. The van der Waals surface area contributed by atoms with Gasteiger partial charge in [0, 0.05) is 18.3 Å². The Bertz CT molecular complexity index is 1230. The predicted octanol–water partition coefficient (Wildman–Crippen LogP) is 3.24. The smallest absolute Gasteiger partial charge is 0.314 e. The molecule has 1 aromatic heterocycles. The van der Waals surface area contributed by atoms with Gasteiger partial charge in [-0.05, 0) is 49.6 Å². The first kappa shape index (κ1) is 27.0. The molecule has 3 atom stereocenters. The second-order valence-corrected chi connectivity index (χ2v) is 9.94. The standard InChI is InChI=1S/C30H34N4O4/c1-30(2,29(36)37-20-23-15-9-10-16-32-23)27(31)28(35)33-25(18-22-13-7-4-8-14-22)26-19-24(34-38-26)17-21-11-5-3-6-12-21/h3-16,19,25-27,34H,17-18,20,31H2,1-2H3,(H,33,35)/t25?,26?,27-/m1/s1. The van der Waals surface area contributed by atoms with Crippen LogP contribution in [0.4, 0.5) is 0 Å². The Labute approximate surface area is 223 Å². The van der Waals surface area contributed by atoms with Crippen molar-refractivity contribution in [1.29, 1.82) is 0 Å². The zero-order valence-electron chi connectivity index (χ0n) is 21.7. The van der Waals surface area contributed by atoms with Crippen molar-refractivity contribution in [3.05, 3.63) is 114 Å². The van der Waals surface area contributed by atoms with Crippen LogP contribution in [0.3, 0.4) is 0 Å². The lowest BCUT2D eigenvalue weighted by atomic mass is 9.84. The normalized spacial score (nSPS) is 16.6. The summed E-state index contributed by atoms with van der Waals surface area (Å²) in [6, 6.07) is 23.7. The molecule has 0 radical (unpaired) electrons. The molecule has 2 heterocycles. The first-order valence-electron chi connectivity index (χ1n) is 12.7. The Morgan fingerprint density at radius 1 is 1.03 bits per heavy atom. The topological polar surface area (TPSA) is 116 Å². The van der Waals surface area contributed by atoms with Gasteiger partial charge >= 0.3 is 5.97 Å². The highest BCUT2D eigenvalue weighted by molar-refractivity contribution is 5.90. The van der Waals surface area contributed by atoms with Gasteiger partial charge in [0.05, 0.1) is 23.2 Å². The average Bonchev–Trinajstić information content (AvgIpc) is 3.41. The van der Waals surface area contributed by atoms with Crippen LogP contribution in [0, 0.1) is 5.41 Å². The molecule has 1 aliphatic heterocycles. The number of hydrogen-bond donors (Lipinski definition) is 3. The third-order valence-electron chi connectivity index (χ3n) is 6.61. The molecule has 1 aliphatic rings. The van der Waals surface area contributed by atoms with Crippen LogP contribution in [0.1, 0.15) is 30.7 Å². The lowest BCUT2D eigenvalue weighted by Crippen LogP contribution is -2.57. The van der Waals surface area contributed by atoms with E-state index in [1.807, 2.05) is 72.8 Å². The molecule has 0 saturated heterocycles. The average molecular weight is 515 g/mol. The molecule has 3 aromatic rings. The molecule has 0 saturated carbocycles. The quantitative estimate of drug-likeness (QED) is 0.337. The summed E-state index contributed by atoms with van der Waals surface area (Å²) in [5, 5.41) is 3.03. The molecular formula is C30H34N4O4. The molecule has 0 aliphatic carbocycles. The number of amides is 1. The van der Waals surface area contributed by atoms with Crippen LogP contribution in [0.5, 0.6) is 0 Å². The van der Waals surface area contributed by atoms with E-state index in [-0.39, 0.29) is 6.61 Å². The van der Waals surface area contributed by atoms with Gasteiger partial charge in [-0.2, -0.15) is 0 Å². The third-order valence-corrected chi connectivity index (χ3v) is 6.61. The van der Waals surface area contributed by atoms with E-state index < -0.39 is 35.5 Å². The zero-order chi connectivity index (χ0) is 27.0. The monoisotopic (exact) mass is 514 g/mol. The minimum Gasteiger partial charge on any atom is -0.459 e. The zero-order valence-corrected chi connectivity index (χ0v) is 21.7. The lowest BCUT2D eigenvalue weighted by molar-refractivity contribution is -0.158. The number of esters is 1. The Hall–Kier alpha value is -4.01. The van der Waals surface area contributed by atoms with Crippen LogP contribution in [0.2, 0.25) is 0 Å². The highest BCUT2D eigenvalue weighted by Crippen LogP contribution is 2.24. The fourth-order valence-electron chi connectivity index (χ4n) is 4.17. The summed E-state index contributed by atoms with van der Waals surface area (Å²) < 4.78 is 5.43. The summed E-state index contributed by atoms with van der Waals surface area (Å²) in [5.41, 5.74) is 11.8. The first-order valence-corrected chi connectivity index (χ1v) is 12.7. The second-order valence-electron chi connectivity index (χ2n) is 9.94. The third kappa shape index (κ3) is 7.06. The summed E-state index contributed by atoms with van der Waals surface area (Å²) in [4.78, 5) is 36.3. The predicted molar refractivity (Wildman–Crippen MR) is 144 cm³/mol. The van der Waals surface area contributed by atoms with Gasteiger partial charge in [-0.25, -0.2) is 0 Å². The van der Waals surface area contributed by atoms with Crippen LogP contribution in [0.25, 0.3) is 0 Å². The van der Waals surface area contributed by atoms with Crippen LogP contribution in [-0.4, -0.2) is 35.0 Å². The number of aromatic nitrogens is 1. The Balaban J connectivity index is 1.44. The van der Waals surface area contributed by atoms with Crippen molar-refractivity contribution in [2.45, 2.75) is 51.5 Å². The maximum absolute atomic E-state index is 13.3. The minimum atomic E-state index is -1.26. The molecule has 8 heteroatoms. The lowest BCUT2D eigenvalue weighted by Gasteiger charge is -2.31. The van der Waals surface area contributed by atoms with Gasteiger partial charge in [0.1, 0.15) is 12.7 Å².